The molecule has 0 spiro atoms. The lowest BCUT2D eigenvalue weighted by Gasteiger charge is -2.09. The Morgan fingerprint density at radius 2 is 1.85 bits per heavy atom. The molecule has 6 rings (SSSR count). The van der Waals surface area contributed by atoms with Crippen molar-refractivity contribution >= 4 is 21.8 Å². The third-order valence-electron chi connectivity index (χ3n) is 6.77. The summed E-state index contributed by atoms with van der Waals surface area (Å²) >= 11 is 0. The van der Waals surface area contributed by atoms with Crippen molar-refractivity contribution in [1.29, 1.82) is 0 Å². The van der Waals surface area contributed by atoms with Gasteiger partial charge in [-0.15, -0.1) is 0 Å². The quantitative estimate of drug-likeness (QED) is 0.295. The Kier molecular flexibility index (Phi) is 5.51. The summed E-state index contributed by atoms with van der Waals surface area (Å²) in [5.41, 5.74) is 5.70. The molecule has 3 heterocycles. The number of ether oxygens (including phenoxy) is 2. The highest BCUT2D eigenvalue weighted by Gasteiger charge is 2.24. The predicted octanol–water partition coefficient (Wildman–Crippen LogP) is 6.75. The molecular weight excluding hydrogens is 426 g/mol. The summed E-state index contributed by atoms with van der Waals surface area (Å²) in [5, 5.41) is 6.56. The lowest BCUT2D eigenvalue weighted by Crippen LogP contribution is -1.97. The van der Waals surface area contributed by atoms with Crippen LogP contribution in [0, 0.1) is 0 Å². The predicted molar refractivity (Wildman–Crippen MR) is 132 cm³/mol. The highest BCUT2D eigenvalue weighted by molar-refractivity contribution is 6.10. The zero-order chi connectivity index (χ0) is 22.9. The van der Waals surface area contributed by atoms with Gasteiger partial charge in [-0.25, -0.2) is 0 Å². The van der Waals surface area contributed by atoms with Crippen LogP contribution in [-0.4, -0.2) is 22.2 Å². The van der Waals surface area contributed by atoms with E-state index >= 15 is 0 Å². The Labute approximate surface area is 197 Å². The molecule has 172 valence electrons. The van der Waals surface area contributed by atoms with Crippen molar-refractivity contribution in [3.05, 3.63) is 77.7 Å². The van der Waals surface area contributed by atoms with Gasteiger partial charge in [0, 0.05) is 40.9 Å². The number of methoxy groups -OCH3 is 1. The first kappa shape index (κ1) is 20.9. The molecule has 5 aromatic rings. The first-order valence-electron chi connectivity index (χ1n) is 11.9. The average Bonchev–Trinajstić information content (AvgIpc) is 3.63. The number of rotatable bonds is 7. The SMILES string of the molecule is COCc1c(-c2cc(C3CCCC3)on2)ncc2[nH]c3ccc(OCc4ccccc4)cc3c12. The second-order valence-corrected chi connectivity index (χ2v) is 9.01. The summed E-state index contributed by atoms with van der Waals surface area (Å²) in [6, 6.07) is 18.4. The van der Waals surface area contributed by atoms with E-state index in [9.17, 15) is 0 Å². The van der Waals surface area contributed by atoms with Crippen LogP contribution in [0.4, 0.5) is 0 Å². The first-order valence-corrected chi connectivity index (χ1v) is 11.9. The zero-order valence-corrected chi connectivity index (χ0v) is 19.2. The number of H-pyrrole nitrogens is 1. The molecule has 6 heteroatoms. The van der Waals surface area contributed by atoms with E-state index in [1.54, 1.807) is 7.11 Å². The summed E-state index contributed by atoms with van der Waals surface area (Å²) in [6.07, 6.45) is 6.71. The Hall–Kier alpha value is -3.64. The van der Waals surface area contributed by atoms with Crippen molar-refractivity contribution in [1.82, 2.24) is 15.1 Å². The molecule has 0 amide bonds. The van der Waals surface area contributed by atoms with Gasteiger partial charge in [-0.05, 0) is 36.6 Å². The number of benzene rings is 2. The topological polar surface area (TPSA) is 73.2 Å². The molecular formula is C28H27N3O3. The summed E-state index contributed by atoms with van der Waals surface area (Å²) in [7, 11) is 1.71. The molecule has 1 aliphatic rings. The van der Waals surface area contributed by atoms with Crippen LogP contribution in [0.5, 0.6) is 5.75 Å². The average molecular weight is 454 g/mol. The van der Waals surface area contributed by atoms with Gasteiger partial charge in [0.05, 0.1) is 24.0 Å². The van der Waals surface area contributed by atoms with Gasteiger partial charge < -0.3 is 19.0 Å². The Balaban J connectivity index is 1.41. The monoisotopic (exact) mass is 453 g/mol. The largest absolute Gasteiger partial charge is 0.489 e. The molecule has 0 aliphatic heterocycles. The van der Waals surface area contributed by atoms with Crippen LogP contribution in [-0.2, 0) is 18.0 Å². The fraction of sp³-hybridized carbons (Fsp3) is 0.286. The molecule has 0 unspecified atom stereocenters. The number of nitrogens with zero attached hydrogens (tertiary/aromatic N) is 2. The molecule has 1 aliphatic carbocycles. The van der Waals surface area contributed by atoms with Gasteiger partial charge in [0.25, 0.3) is 0 Å². The molecule has 34 heavy (non-hydrogen) atoms. The summed E-state index contributed by atoms with van der Waals surface area (Å²) in [4.78, 5) is 8.25. The number of hydrogen-bond donors (Lipinski definition) is 1. The zero-order valence-electron chi connectivity index (χ0n) is 19.2. The van der Waals surface area contributed by atoms with E-state index in [-0.39, 0.29) is 0 Å². The normalized spacial score (nSPS) is 14.4. The van der Waals surface area contributed by atoms with Gasteiger partial charge in [-0.2, -0.15) is 0 Å². The standard InChI is InChI=1S/C28H27N3O3/c1-32-17-22-27-21-13-20(33-16-18-7-3-2-4-8-18)11-12-23(21)30-25(27)15-29-28(22)24-14-26(34-31-24)19-9-5-6-10-19/h2-4,7-8,11-15,19,30H,5-6,9-10,16-17H2,1H3. The van der Waals surface area contributed by atoms with Crippen molar-refractivity contribution in [2.24, 2.45) is 0 Å². The molecule has 1 N–H and O–H groups in total. The van der Waals surface area contributed by atoms with Gasteiger partial charge in [-0.1, -0.05) is 48.3 Å². The number of aromatic amines is 1. The molecule has 0 bridgehead atoms. The Bertz CT molecular complexity index is 1430. The Morgan fingerprint density at radius 3 is 2.68 bits per heavy atom. The first-order chi connectivity index (χ1) is 16.8. The van der Waals surface area contributed by atoms with Crippen molar-refractivity contribution < 1.29 is 14.0 Å². The van der Waals surface area contributed by atoms with E-state index in [4.69, 9.17) is 19.0 Å². The molecule has 0 radical (unpaired) electrons. The van der Waals surface area contributed by atoms with Crippen LogP contribution in [0.1, 0.15) is 48.5 Å². The summed E-state index contributed by atoms with van der Waals surface area (Å²) in [6.45, 7) is 0.947. The van der Waals surface area contributed by atoms with Gasteiger partial charge in [0.2, 0.25) is 0 Å². The van der Waals surface area contributed by atoms with Crippen LogP contribution >= 0.6 is 0 Å². The fourth-order valence-electron chi connectivity index (χ4n) is 5.08. The third kappa shape index (κ3) is 3.84. The minimum atomic E-state index is 0.424. The van der Waals surface area contributed by atoms with Crippen LogP contribution in [0.3, 0.4) is 0 Å². The minimum absolute atomic E-state index is 0.424. The highest BCUT2D eigenvalue weighted by Crippen LogP contribution is 2.38. The molecule has 2 aromatic carbocycles. The maximum Gasteiger partial charge on any atom is 0.140 e. The second-order valence-electron chi connectivity index (χ2n) is 9.01. The summed E-state index contributed by atoms with van der Waals surface area (Å²) < 4.78 is 17.5. The minimum Gasteiger partial charge on any atom is -0.489 e. The molecule has 0 atom stereocenters. The lowest BCUT2D eigenvalue weighted by molar-refractivity contribution is 0.186. The van der Waals surface area contributed by atoms with Crippen LogP contribution in [0.15, 0.2) is 65.3 Å². The maximum atomic E-state index is 6.11. The number of pyridine rings is 1. The van der Waals surface area contributed by atoms with Crippen molar-refractivity contribution in [3.63, 3.8) is 0 Å². The Morgan fingerprint density at radius 1 is 1.00 bits per heavy atom. The highest BCUT2D eigenvalue weighted by atomic mass is 16.5. The van der Waals surface area contributed by atoms with Crippen molar-refractivity contribution in [2.75, 3.05) is 7.11 Å². The van der Waals surface area contributed by atoms with E-state index in [2.05, 4.69) is 40.5 Å². The van der Waals surface area contributed by atoms with Crippen LogP contribution < -0.4 is 4.74 Å². The smallest absolute Gasteiger partial charge is 0.140 e. The van der Waals surface area contributed by atoms with Crippen molar-refractivity contribution in [2.45, 2.75) is 44.8 Å². The second kappa shape index (κ2) is 8.95. The van der Waals surface area contributed by atoms with E-state index in [0.717, 1.165) is 55.8 Å². The lowest BCUT2D eigenvalue weighted by atomic mass is 10.0. The number of hydrogen-bond acceptors (Lipinski definition) is 5. The van der Waals surface area contributed by atoms with Gasteiger partial charge in [0.1, 0.15) is 23.8 Å². The molecule has 3 aromatic heterocycles. The maximum absolute atomic E-state index is 6.11. The van der Waals surface area contributed by atoms with Crippen molar-refractivity contribution in [3.8, 4) is 17.1 Å². The number of nitrogens with one attached hydrogen (secondary N) is 1. The van der Waals surface area contributed by atoms with Gasteiger partial charge in [-0.3, -0.25) is 4.98 Å². The van der Waals surface area contributed by atoms with E-state index in [0.29, 0.717) is 19.1 Å². The van der Waals surface area contributed by atoms with Gasteiger partial charge in [0.15, 0.2) is 0 Å². The van der Waals surface area contributed by atoms with E-state index < -0.39 is 0 Å². The summed E-state index contributed by atoms with van der Waals surface area (Å²) in [5.74, 6) is 2.26. The molecule has 0 saturated heterocycles. The van der Waals surface area contributed by atoms with Gasteiger partial charge >= 0.3 is 0 Å². The molecule has 1 fully saturated rings. The third-order valence-corrected chi connectivity index (χ3v) is 6.77. The fourth-order valence-corrected chi connectivity index (χ4v) is 5.08. The van der Waals surface area contributed by atoms with E-state index in [1.165, 1.54) is 25.7 Å². The van der Waals surface area contributed by atoms with Crippen LogP contribution in [0.25, 0.3) is 33.2 Å². The molecule has 6 nitrogen and oxygen atoms in total. The molecule has 1 saturated carbocycles. The van der Waals surface area contributed by atoms with E-state index in [1.807, 2.05) is 30.5 Å². The van der Waals surface area contributed by atoms with Crippen LogP contribution in [0.2, 0.25) is 0 Å². The number of aromatic nitrogens is 3. The number of fused-ring (bicyclic) bond motifs is 3.